The van der Waals surface area contributed by atoms with Gasteiger partial charge in [0.1, 0.15) is 11.6 Å². The first kappa shape index (κ1) is 18.3. The number of benzene rings is 2. The van der Waals surface area contributed by atoms with Crippen LogP contribution in [0.2, 0.25) is 0 Å². The number of aromatic nitrogens is 2. The second kappa shape index (κ2) is 8.74. The summed E-state index contributed by atoms with van der Waals surface area (Å²) in [5, 5.41) is 0. The number of fused-ring (bicyclic) bond motifs is 1. The van der Waals surface area contributed by atoms with Crippen LogP contribution in [0.15, 0.2) is 48.5 Å². The molecule has 128 valence electrons. The van der Waals surface area contributed by atoms with Gasteiger partial charge in [-0.3, -0.25) is 0 Å². The maximum absolute atomic E-state index is 5.24. The van der Waals surface area contributed by atoms with Crippen molar-refractivity contribution in [2.75, 3.05) is 7.11 Å². The van der Waals surface area contributed by atoms with Gasteiger partial charge in [-0.05, 0) is 36.2 Å². The molecule has 0 aliphatic rings. The largest absolute Gasteiger partial charge is 1.00 e. The zero-order valence-electron chi connectivity index (χ0n) is 14.3. The predicted octanol–water partition coefficient (Wildman–Crippen LogP) is 1.83. The molecule has 2 aromatic carbocycles. The maximum Gasteiger partial charge on any atom is 0.118 e. The summed E-state index contributed by atoms with van der Waals surface area (Å²) in [4.78, 5) is 4.86. The molecule has 0 amide bonds. The zero-order chi connectivity index (χ0) is 16.1. The summed E-state index contributed by atoms with van der Waals surface area (Å²) in [6, 6.07) is 16.7. The molecule has 0 atom stereocenters. The van der Waals surface area contributed by atoms with Crippen molar-refractivity contribution in [3.8, 4) is 5.75 Å². The van der Waals surface area contributed by atoms with Gasteiger partial charge in [0.15, 0.2) is 0 Å². The molecule has 0 bridgehead atoms. The third-order valence-electron chi connectivity index (χ3n) is 4.24. The third kappa shape index (κ3) is 4.09. The molecule has 0 N–H and O–H groups in total. The van der Waals surface area contributed by atoms with Gasteiger partial charge in [-0.15, -0.1) is 0 Å². The Bertz CT molecular complexity index is 765. The van der Waals surface area contributed by atoms with Gasteiger partial charge < -0.3 is 21.7 Å². The van der Waals surface area contributed by atoms with Gasteiger partial charge in [0.05, 0.1) is 18.1 Å². The van der Waals surface area contributed by atoms with E-state index in [9.17, 15) is 0 Å². The van der Waals surface area contributed by atoms with Crippen molar-refractivity contribution in [2.45, 2.75) is 39.2 Å². The Balaban J connectivity index is 0.00000208. The van der Waals surface area contributed by atoms with Crippen LogP contribution in [0, 0.1) is 0 Å². The van der Waals surface area contributed by atoms with Crippen molar-refractivity contribution in [3.05, 3.63) is 59.9 Å². The van der Waals surface area contributed by atoms with E-state index >= 15 is 0 Å². The molecule has 0 radical (unpaired) electrons. The number of hydrogen-bond donors (Lipinski definition) is 0. The highest BCUT2D eigenvalue weighted by Gasteiger charge is 2.10. The Hall–Kier alpha value is -2.00. The molecule has 0 saturated carbocycles. The summed E-state index contributed by atoms with van der Waals surface area (Å²) in [6.45, 7) is 3.28. The molecule has 1 heterocycles. The third-order valence-corrected chi connectivity index (χ3v) is 4.24. The smallest absolute Gasteiger partial charge is 0.118 e. The fourth-order valence-corrected chi connectivity index (χ4v) is 2.96. The van der Waals surface area contributed by atoms with Crippen molar-refractivity contribution in [2.24, 2.45) is 0 Å². The van der Waals surface area contributed by atoms with E-state index in [4.69, 9.17) is 9.72 Å². The average Bonchev–Trinajstić information content (AvgIpc) is 2.93. The monoisotopic (exact) mass is 343 g/mol. The van der Waals surface area contributed by atoms with Crippen molar-refractivity contribution < 1.29 is 17.1 Å². The summed E-state index contributed by atoms with van der Waals surface area (Å²) in [5.74, 6) is 2.04. The molecule has 3 rings (SSSR count). The molecule has 3 aromatic rings. The summed E-state index contributed by atoms with van der Waals surface area (Å²) in [7, 11) is 1.70. The molecule has 1 aromatic heterocycles. The van der Waals surface area contributed by atoms with E-state index in [-0.39, 0.29) is 12.4 Å². The first-order chi connectivity index (χ1) is 11.3. The molecule has 3 nitrogen and oxygen atoms in total. The van der Waals surface area contributed by atoms with Crippen LogP contribution in [-0.2, 0) is 13.0 Å². The lowest BCUT2D eigenvalue weighted by Crippen LogP contribution is -3.00. The number of rotatable bonds is 7. The standard InChI is InChI=1S/C20H24N2O.ClH/c1-3-4-7-14-22-19-9-6-5-8-18(19)21-20(22)15-16-10-12-17(23-2)13-11-16;/h5-6,8-13H,3-4,7,14-15H2,1-2H3;1H/p-1. The summed E-state index contributed by atoms with van der Waals surface area (Å²) in [6.07, 6.45) is 4.55. The molecular weight excluding hydrogens is 320 g/mol. The molecule has 0 aliphatic heterocycles. The van der Waals surface area contributed by atoms with Crippen molar-refractivity contribution >= 4 is 11.0 Å². The van der Waals surface area contributed by atoms with E-state index in [0.29, 0.717) is 0 Å². The second-order valence-electron chi connectivity index (χ2n) is 5.90. The molecule has 0 spiro atoms. The number of hydrogen-bond acceptors (Lipinski definition) is 2. The first-order valence-electron chi connectivity index (χ1n) is 8.39. The number of halogens is 1. The van der Waals surface area contributed by atoms with Gasteiger partial charge in [-0.25, -0.2) is 4.98 Å². The number of aryl methyl sites for hydroxylation is 1. The number of ether oxygens (including phenoxy) is 1. The van der Waals surface area contributed by atoms with E-state index in [1.807, 2.05) is 12.1 Å². The van der Waals surface area contributed by atoms with Crippen molar-refractivity contribution in [3.63, 3.8) is 0 Å². The lowest BCUT2D eigenvalue weighted by atomic mass is 10.1. The fourth-order valence-electron chi connectivity index (χ4n) is 2.96. The molecule has 0 unspecified atom stereocenters. The Kier molecular flexibility index (Phi) is 6.68. The van der Waals surface area contributed by atoms with Crippen LogP contribution in [0.4, 0.5) is 0 Å². The van der Waals surface area contributed by atoms with Gasteiger partial charge in [0, 0.05) is 13.0 Å². The van der Waals surface area contributed by atoms with Gasteiger partial charge in [-0.2, -0.15) is 0 Å². The molecule has 0 saturated heterocycles. The fraction of sp³-hybridized carbons (Fsp3) is 0.350. The lowest BCUT2D eigenvalue weighted by molar-refractivity contribution is -0.00000517. The van der Waals surface area contributed by atoms with Crippen LogP contribution >= 0.6 is 0 Å². The number of imidazole rings is 1. The van der Waals surface area contributed by atoms with E-state index in [0.717, 1.165) is 30.1 Å². The number of methoxy groups -OCH3 is 1. The minimum Gasteiger partial charge on any atom is -1.00 e. The van der Waals surface area contributed by atoms with E-state index in [2.05, 4.69) is 47.9 Å². The predicted molar refractivity (Wildman–Crippen MR) is 95.1 cm³/mol. The van der Waals surface area contributed by atoms with Crippen molar-refractivity contribution in [1.29, 1.82) is 0 Å². The zero-order valence-corrected chi connectivity index (χ0v) is 15.1. The maximum atomic E-state index is 5.24. The Morgan fingerprint density at radius 1 is 1.00 bits per heavy atom. The van der Waals surface area contributed by atoms with Crippen LogP contribution < -0.4 is 17.1 Å². The Morgan fingerprint density at radius 2 is 1.75 bits per heavy atom. The van der Waals surface area contributed by atoms with Gasteiger partial charge >= 0.3 is 0 Å². The quantitative estimate of drug-likeness (QED) is 0.612. The number of unbranched alkanes of at least 4 members (excludes halogenated alkanes) is 2. The summed E-state index contributed by atoms with van der Waals surface area (Å²) < 4.78 is 7.62. The second-order valence-corrected chi connectivity index (χ2v) is 5.90. The van der Waals surface area contributed by atoms with E-state index < -0.39 is 0 Å². The van der Waals surface area contributed by atoms with Crippen LogP contribution in [-0.4, -0.2) is 16.7 Å². The summed E-state index contributed by atoms with van der Waals surface area (Å²) in [5.41, 5.74) is 3.59. The van der Waals surface area contributed by atoms with Crippen LogP contribution in [0.5, 0.6) is 5.75 Å². The van der Waals surface area contributed by atoms with Gasteiger partial charge in [0.2, 0.25) is 0 Å². The highest BCUT2D eigenvalue weighted by Crippen LogP contribution is 2.20. The van der Waals surface area contributed by atoms with Gasteiger partial charge in [0.25, 0.3) is 0 Å². The molecule has 0 aliphatic carbocycles. The molecule has 0 fully saturated rings. The average molecular weight is 344 g/mol. The minimum atomic E-state index is 0. The minimum absolute atomic E-state index is 0. The lowest BCUT2D eigenvalue weighted by Gasteiger charge is -2.09. The molecule has 24 heavy (non-hydrogen) atoms. The van der Waals surface area contributed by atoms with Crippen LogP contribution in [0.3, 0.4) is 0 Å². The summed E-state index contributed by atoms with van der Waals surface area (Å²) >= 11 is 0. The SMILES string of the molecule is CCCCCn1c(Cc2ccc(OC)cc2)nc2ccccc21.[Cl-]. The highest BCUT2D eigenvalue weighted by molar-refractivity contribution is 5.76. The molecular formula is C20H24ClN2O-. The van der Waals surface area contributed by atoms with Gasteiger partial charge in [-0.1, -0.05) is 44.0 Å². The highest BCUT2D eigenvalue weighted by atomic mass is 35.5. The van der Waals surface area contributed by atoms with E-state index in [1.54, 1.807) is 7.11 Å². The van der Waals surface area contributed by atoms with Crippen LogP contribution in [0.1, 0.15) is 37.6 Å². The number of nitrogens with zero attached hydrogens (tertiary/aromatic N) is 2. The normalized spacial score (nSPS) is 10.6. The molecule has 4 heteroatoms. The number of para-hydroxylation sites is 2. The van der Waals surface area contributed by atoms with Crippen LogP contribution in [0.25, 0.3) is 11.0 Å². The van der Waals surface area contributed by atoms with E-state index in [1.165, 1.54) is 30.3 Å². The first-order valence-corrected chi connectivity index (χ1v) is 8.39. The van der Waals surface area contributed by atoms with Crippen molar-refractivity contribution in [1.82, 2.24) is 9.55 Å². The Labute approximate surface area is 150 Å². The topological polar surface area (TPSA) is 27.1 Å². The Morgan fingerprint density at radius 3 is 2.46 bits per heavy atom.